The third-order valence-corrected chi connectivity index (χ3v) is 6.42. The van der Waals surface area contributed by atoms with Crippen molar-refractivity contribution in [3.63, 3.8) is 0 Å². The minimum atomic E-state index is -0.767. The van der Waals surface area contributed by atoms with Crippen molar-refractivity contribution in [1.82, 2.24) is 10.2 Å². The average Bonchev–Trinajstić information content (AvgIpc) is 2.82. The number of carbonyl (C=O) groups is 2. The van der Waals surface area contributed by atoms with E-state index in [1.165, 1.54) is 22.7 Å². The van der Waals surface area contributed by atoms with Crippen molar-refractivity contribution in [2.24, 2.45) is 0 Å². The molecule has 1 N–H and O–H groups in total. The minimum absolute atomic E-state index is 0.00809. The lowest BCUT2D eigenvalue weighted by molar-refractivity contribution is -0.139. The molecule has 1 atom stereocenters. The summed E-state index contributed by atoms with van der Waals surface area (Å²) in [5.41, 5.74) is 2.30. The molecule has 0 aliphatic rings. The highest BCUT2D eigenvalue weighted by atomic mass is 35.5. The molecule has 3 rings (SSSR count). The Morgan fingerprint density at radius 1 is 1.00 bits per heavy atom. The van der Waals surface area contributed by atoms with Crippen molar-refractivity contribution < 1.29 is 14.0 Å². The molecule has 0 bridgehead atoms. The van der Waals surface area contributed by atoms with Crippen LogP contribution in [-0.4, -0.2) is 35.6 Å². The van der Waals surface area contributed by atoms with Gasteiger partial charge in [-0.2, -0.15) is 0 Å². The van der Waals surface area contributed by atoms with Gasteiger partial charge in [-0.1, -0.05) is 72.3 Å². The first-order chi connectivity index (χ1) is 16.0. The molecule has 3 aromatic rings. The zero-order valence-electron chi connectivity index (χ0n) is 18.3. The first-order valence-electron chi connectivity index (χ1n) is 10.6. The second-order valence-corrected chi connectivity index (χ2v) is 8.98. The van der Waals surface area contributed by atoms with E-state index in [4.69, 9.17) is 11.6 Å². The lowest BCUT2D eigenvalue weighted by Crippen LogP contribution is -2.50. The molecule has 4 nitrogen and oxygen atoms in total. The van der Waals surface area contributed by atoms with Crippen LogP contribution in [0, 0.1) is 5.82 Å². The Morgan fingerprint density at radius 2 is 1.70 bits per heavy atom. The summed E-state index contributed by atoms with van der Waals surface area (Å²) in [5.74, 6) is -0.165. The van der Waals surface area contributed by atoms with Crippen molar-refractivity contribution in [3.05, 3.63) is 106 Å². The van der Waals surface area contributed by atoms with E-state index >= 15 is 0 Å². The van der Waals surface area contributed by atoms with Crippen LogP contribution in [0.3, 0.4) is 0 Å². The third-order valence-electron chi connectivity index (χ3n) is 5.20. The fourth-order valence-corrected chi connectivity index (χ4v) is 4.57. The van der Waals surface area contributed by atoms with E-state index in [0.717, 1.165) is 11.1 Å². The van der Waals surface area contributed by atoms with Gasteiger partial charge in [-0.25, -0.2) is 4.39 Å². The number of hydrogen-bond acceptors (Lipinski definition) is 3. The van der Waals surface area contributed by atoms with Gasteiger partial charge in [-0.3, -0.25) is 9.59 Å². The molecule has 3 aromatic carbocycles. The van der Waals surface area contributed by atoms with E-state index in [1.54, 1.807) is 31.3 Å². The number of thioether (sulfide) groups is 1. The van der Waals surface area contributed by atoms with E-state index in [1.807, 2.05) is 48.5 Å². The SMILES string of the molecule is CNC(=O)[C@@H](Cc1ccccc1)N(Cc1ccccc1F)C(=O)CSCc1cccc(Cl)c1. The lowest BCUT2D eigenvalue weighted by atomic mass is 10.0. The van der Waals surface area contributed by atoms with Crippen LogP contribution < -0.4 is 5.32 Å². The predicted octanol–water partition coefficient (Wildman–Crippen LogP) is 5.10. The Kier molecular flexibility index (Phi) is 9.34. The fourth-order valence-electron chi connectivity index (χ4n) is 3.50. The molecule has 2 amide bonds. The van der Waals surface area contributed by atoms with Gasteiger partial charge in [-0.05, 0) is 29.3 Å². The van der Waals surface area contributed by atoms with E-state index in [9.17, 15) is 14.0 Å². The third kappa shape index (κ3) is 7.34. The van der Waals surface area contributed by atoms with Crippen LogP contribution in [0.25, 0.3) is 0 Å². The van der Waals surface area contributed by atoms with Crippen molar-refractivity contribution >= 4 is 35.2 Å². The van der Waals surface area contributed by atoms with Gasteiger partial charge < -0.3 is 10.2 Å². The van der Waals surface area contributed by atoms with Crippen molar-refractivity contribution in [3.8, 4) is 0 Å². The van der Waals surface area contributed by atoms with Gasteiger partial charge in [0.05, 0.1) is 5.75 Å². The second kappa shape index (κ2) is 12.4. The summed E-state index contributed by atoms with van der Waals surface area (Å²) in [4.78, 5) is 27.7. The Morgan fingerprint density at radius 3 is 2.39 bits per heavy atom. The minimum Gasteiger partial charge on any atom is -0.357 e. The molecule has 33 heavy (non-hydrogen) atoms. The van der Waals surface area contributed by atoms with Gasteiger partial charge in [0, 0.05) is 36.4 Å². The first-order valence-corrected chi connectivity index (χ1v) is 12.1. The Hall–Kier alpha value is -2.83. The maximum absolute atomic E-state index is 14.4. The Labute approximate surface area is 203 Å². The number of benzene rings is 3. The van der Waals surface area contributed by atoms with Gasteiger partial charge in [0.15, 0.2) is 0 Å². The summed E-state index contributed by atoms with van der Waals surface area (Å²) in [7, 11) is 1.54. The fraction of sp³-hybridized carbons (Fsp3) is 0.231. The number of nitrogens with zero attached hydrogens (tertiary/aromatic N) is 1. The van der Waals surface area contributed by atoms with Crippen LogP contribution in [0.15, 0.2) is 78.9 Å². The zero-order chi connectivity index (χ0) is 23.6. The van der Waals surface area contributed by atoms with Crippen LogP contribution in [0.4, 0.5) is 4.39 Å². The average molecular weight is 485 g/mol. The lowest BCUT2D eigenvalue weighted by Gasteiger charge is -2.31. The molecular weight excluding hydrogens is 459 g/mol. The highest BCUT2D eigenvalue weighted by Crippen LogP contribution is 2.20. The molecule has 0 saturated carbocycles. The number of halogens is 2. The standard InChI is InChI=1S/C26H26ClFN2O2S/c1-29-26(32)24(15-19-8-3-2-4-9-19)30(16-21-11-5-6-13-23(21)28)25(31)18-33-17-20-10-7-12-22(27)14-20/h2-14,24H,15-18H2,1H3,(H,29,32)/t24-/m1/s1. The van der Waals surface area contributed by atoms with E-state index in [0.29, 0.717) is 22.8 Å². The summed E-state index contributed by atoms with van der Waals surface area (Å²) in [6.45, 7) is 0.00809. The molecule has 0 aliphatic carbocycles. The normalized spacial score (nSPS) is 11.6. The van der Waals surface area contributed by atoms with Crippen LogP contribution in [-0.2, 0) is 28.3 Å². The maximum atomic E-state index is 14.4. The Bertz CT molecular complexity index is 1080. The maximum Gasteiger partial charge on any atom is 0.242 e. The monoisotopic (exact) mass is 484 g/mol. The molecular formula is C26H26ClFN2O2S. The number of carbonyl (C=O) groups excluding carboxylic acids is 2. The molecule has 0 fully saturated rings. The summed E-state index contributed by atoms with van der Waals surface area (Å²) < 4.78 is 14.4. The van der Waals surface area contributed by atoms with Gasteiger partial charge in [-0.15, -0.1) is 11.8 Å². The molecule has 0 radical (unpaired) electrons. The van der Waals surface area contributed by atoms with Crippen LogP contribution in [0.1, 0.15) is 16.7 Å². The molecule has 7 heteroatoms. The van der Waals surface area contributed by atoms with Crippen LogP contribution in [0.2, 0.25) is 5.02 Å². The molecule has 0 aliphatic heterocycles. The molecule has 0 spiro atoms. The topological polar surface area (TPSA) is 49.4 Å². The molecule has 0 saturated heterocycles. The van der Waals surface area contributed by atoms with E-state index in [-0.39, 0.29) is 24.1 Å². The molecule has 0 heterocycles. The molecule has 0 aromatic heterocycles. The summed E-state index contributed by atoms with van der Waals surface area (Å²) >= 11 is 7.48. The largest absolute Gasteiger partial charge is 0.357 e. The summed E-state index contributed by atoms with van der Waals surface area (Å²) in [5, 5.41) is 3.30. The van der Waals surface area contributed by atoms with E-state index in [2.05, 4.69) is 5.32 Å². The van der Waals surface area contributed by atoms with Crippen molar-refractivity contribution in [1.29, 1.82) is 0 Å². The highest BCUT2D eigenvalue weighted by molar-refractivity contribution is 7.99. The summed E-state index contributed by atoms with van der Waals surface area (Å²) in [6.07, 6.45) is 0.333. The van der Waals surface area contributed by atoms with Gasteiger partial charge in [0.2, 0.25) is 11.8 Å². The second-order valence-electron chi connectivity index (χ2n) is 7.56. The quantitative estimate of drug-likeness (QED) is 0.435. The predicted molar refractivity (Wildman–Crippen MR) is 133 cm³/mol. The van der Waals surface area contributed by atoms with Crippen molar-refractivity contribution in [2.45, 2.75) is 24.8 Å². The zero-order valence-corrected chi connectivity index (χ0v) is 19.9. The van der Waals surface area contributed by atoms with E-state index < -0.39 is 11.9 Å². The highest BCUT2D eigenvalue weighted by Gasteiger charge is 2.30. The van der Waals surface area contributed by atoms with Gasteiger partial charge >= 0.3 is 0 Å². The first kappa shape index (κ1) is 24.8. The van der Waals surface area contributed by atoms with Gasteiger partial charge in [0.25, 0.3) is 0 Å². The summed E-state index contributed by atoms with van der Waals surface area (Å²) in [6, 6.07) is 22.5. The van der Waals surface area contributed by atoms with Crippen LogP contribution in [0.5, 0.6) is 0 Å². The number of nitrogens with one attached hydrogen (secondary N) is 1. The molecule has 172 valence electrons. The number of rotatable bonds is 10. The molecule has 0 unspecified atom stereocenters. The number of amides is 2. The van der Waals surface area contributed by atoms with Crippen LogP contribution >= 0.6 is 23.4 Å². The number of hydrogen-bond donors (Lipinski definition) is 1. The number of likely N-dealkylation sites (N-methyl/N-ethyl adjacent to an activating group) is 1. The van der Waals surface area contributed by atoms with Crippen molar-refractivity contribution in [2.75, 3.05) is 12.8 Å². The smallest absolute Gasteiger partial charge is 0.242 e. The Balaban J connectivity index is 1.82. The van der Waals surface area contributed by atoms with Gasteiger partial charge in [0.1, 0.15) is 11.9 Å².